The van der Waals surface area contributed by atoms with E-state index in [9.17, 15) is 14.7 Å². The molecule has 0 spiro atoms. The Bertz CT molecular complexity index is 1150. The average Bonchev–Trinajstić information content (AvgIpc) is 3.06. The van der Waals surface area contributed by atoms with E-state index in [0.29, 0.717) is 17.7 Å². The van der Waals surface area contributed by atoms with Crippen LogP contribution < -0.4 is 10.1 Å². The third-order valence-corrected chi connectivity index (χ3v) is 4.59. The Kier molecular flexibility index (Phi) is 7.16. The van der Waals surface area contributed by atoms with Crippen LogP contribution in [0.1, 0.15) is 18.9 Å². The van der Waals surface area contributed by atoms with E-state index >= 15 is 0 Å². The normalized spacial score (nSPS) is 11.4. The minimum atomic E-state index is -0.634. The highest BCUT2D eigenvalue weighted by molar-refractivity contribution is 5.96. The number of rotatable bonds is 8. The van der Waals surface area contributed by atoms with Crippen molar-refractivity contribution in [1.82, 2.24) is 9.88 Å². The van der Waals surface area contributed by atoms with Gasteiger partial charge in [0.15, 0.2) is 5.69 Å². The number of nitrogens with one attached hydrogen (secondary N) is 1. The van der Waals surface area contributed by atoms with Gasteiger partial charge in [0.25, 0.3) is 5.91 Å². The van der Waals surface area contributed by atoms with Crippen LogP contribution in [0.4, 0.5) is 5.69 Å². The van der Waals surface area contributed by atoms with Gasteiger partial charge in [-0.1, -0.05) is 43.3 Å². The van der Waals surface area contributed by atoms with Crippen molar-refractivity contribution in [2.24, 2.45) is 10.2 Å². The fraction of sp³-hybridized carbons (Fsp3) is 0.217. The Hall–Kier alpha value is -3.94. The second-order valence-electron chi connectivity index (χ2n) is 6.73. The highest BCUT2D eigenvalue weighted by Gasteiger charge is 2.16. The number of hydrogen-bond acceptors (Lipinski definition) is 5. The zero-order valence-electron chi connectivity index (χ0n) is 17.4. The summed E-state index contributed by atoms with van der Waals surface area (Å²) in [5.41, 5.74) is 1.79. The molecule has 3 aromatic rings. The first-order chi connectivity index (χ1) is 15.0. The number of aryl methyl sites for hydroxylation is 1. The smallest absolute Gasteiger partial charge is 0.283 e. The van der Waals surface area contributed by atoms with Crippen LogP contribution in [0.5, 0.6) is 11.6 Å². The van der Waals surface area contributed by atoms with Gasteiger partial charge in [-0.3, -0.25) is 9.59 Å². The quantitative estimate of drug-likeness (QED) is 0.421. The van der Waals surface area contributed by atoms with Gasteiger partial charge in [0.05, 0.1) is 12.6 Å². The van der Waals surface area contributed by atoms with E-state index in [1.807, 2.05) is 49.4 Å². The van der Waals surface area contributed by atoms with E-state index in [-0.39, 0.29) is 18.1 Å². The number of fused-ring (bicyclic) bond motifs is 1. The number of aromatic nitrogens is 1. The molecule has 2 N–H and O–H groups in total. The monoisotopic (exact) mass is 420 g/mol. The molecular weight excluding hydrogens is 396 g/mol. The lowest BCUT2D eigenvalue weighted by Crippen LogP contribution is -2.26. The minimum Gasteiger partial charge on any atom is -0.496 e. The second-order valence-corrected chi connectivity index (χ2v) is 6.73. The molecule has 0 unspecified atom stereocenters. The summed E-state index contributed by atoms with van der Waals surface area (Å²) in [4.78, 5) is 24.1. The van der Waals surface area contributed by atoms with Gasteiger partial charge >= 0.3 is 0 Å². The molecule has 0 aliphatic carbocycles. The predicted molar refractivity (Wildman–Crippen MR) is 118 cm³/mol. The molecule has 2 aromatic carbocycles. The molecule has 0 saturated heterocycles. The molecule has 8 heteroatoms. The van der Waals surface area contributed by atoms with Gasteiger partial charge in [0.1, 0.15) is 12.3 Å². The first kappa shape index (κ1) is 21.8. The van der Waals surface area contributed by atoms with E-state index in [1.165, 1.54) is 6.08 Å². The average molecular weight is 420 g/mol. The molecule has 1 heterocycles. The highest BCUT2D eigenvalue weighted by atomic mass is 16.5. The van der Waals surface area contributed by atoms with Crippen LogP contribution >= 0.6 is 0 Å². The van der Waals surface area contributed by atoms with Crippen LogP contribution in [0.3, 0.4) is 0 Å². The molecule has 8 nitrogen and oxygen atoms in total. The fourth-order valence-electron chi connectivity index (χ4n) is 3.15. The predicted octanol–water partition coefficient (Wildman–Crippen LogP) is 4.21. The SMILES string of the molecule is CCCn1c(O)c(N=NC(=O)CNC(=O)/C=C/c2ccccc2OC)c2ccccc21. The van der Waals surface area contributed by atoms with Crippen molar-refractivity contribution in [2.75, 3.05) is 13.7 Å². The van der Waals surface area contributed by atoms with Gasteiger partial charge in [0, 0.05) is 23.6 Å². The highest BCUT2D eigenvalue weighted by Crippen LogP contribution is 2.38. The number of carbonyl (C=O) groups excluding carboxylic acids is 2. The lowest BCUT2D eigenvalue weighted by atomic mass is 10.2. The molecule has 0 radical (unpaired) electrons. The van der Waals surface area contributed by atoms with Gasteiger partial charge in [-0.15, -0.1) is 10.2 Å². The van der Waals surface area contributed by atoms with Crippen molar-refractivity contribution in [3.05, 3.63) is 60.2 Å². The zero-order chi connectivity index (χ0) is 22.2. The summed E-state index contributed by atoms with van der Waals surface area (Å²) in [5, 5.41) is 21.3. The summed E-state index contributed by atoms with van der Waals surface area (Å²) in [7, 11) is 1.55. The topological polar surface area (TPSA) is 105 Å². The molecule has 3 rings (SSSR count). The van der Waals surface area contributed by atoms with Crippen LogP contribution in [-0.4, -0.2) is 35.1 Å². The summed E-state index contributed by atoms with van der Waals surface area (Å²) in [5.74, 6) is -0.482. The molecule has 0 atom stereocenters. The number of azo groups is 1. The number of aromatic hydroxyl groups is 1. The van der Waals surface area contributed by atoms with E-state index in [0.717, 1.165) is 17.5 Å². The molecule has 0 bridgehead atoms. The Labute approximate surface area is 179 Å². The Morgan fingerprint density at radius 3 is 2.68 bits per heavy atom. The first-order valence-corrected chi connectivity index (χ1v) is 9.88. The summed E-state index contributed by atoms with van der Waals surface area (Å²) in [6, 6.07) is 14.6. The summed E-state index contributed by atoms with van der Waals surface area (Å²) in [6.45, 7) is 2.31. The van der Waals surface area contributed by atoms with Gasteiger partial charge in [-0.05, 0) is 24.6 Å². The first-order valence-electron chi connectivity index (χ1n) is 9.88. The summed E-state index contributed by atoms with van der Waals surface area (Å²) >= 11 is 0. The number of benzene rings is 2. The van der Waals surface area contributed by atoms with E-state index in [1.54, 1.807) is 23.8 Å². The van der Waals surface area contributed by atoms with Crippen LogP contribution in [0, 0.1) is 0 Å². The van der Waals surface area contributed by atoms with E-state index in [2.05, 4.69) is 15.5 Å². The van der Waals surface area contributed by atoms with Gasteiger partial charge in [0.2, 0.25) is 11.8 Å². The van der Waals surface area contributed by atoms with Gasteiger partial charge in [-0.25, -0.2) is 0 Å². The Morgan fingerprint density at radius 2 is 1.90 bits per heavy atom. The Balaban J connectivity index is 1.64. The molecular formula is C23H24N4O4. The molecule has 1 aromatic heterocycles. The van der Waals surface area contributed by atoms with Crippen molar-refractivity contribution in [3.63, 3.8) is 0 Å². The third-order valence-electron chi connectivity index (χ3n) is 4.59. The van der Waals surface area contributed by atoms with Gasteiger partial charge < -0.3 is 19.7 Å². The van der Waals surface area contributed by atoms with Crippen LogP contribution in [-0.2, 0) is 16.1 Å². The molecule has 0 saturated carbocycles. The fourth-order valence-corrected chi connectivity index (χ4v) is 3.15. The number of carbonyl (C=O) groups is 2. The number of para-hydroxylation sites is 2. The number of nitrogens with zero attached hydrogens (tertiary/aromatic N) is 3. The summed E-state index contributed by atoms with van der Waals surface area (Å²) in [6.07, 6.45) is 3.74. The van der Waals surface area contributed by atoms with Crippen LogP contribution in [0.2, 0.25) is 0 Å². The minimum absolute atomic E-state index is 0.0385. The molecule has 0 fully saturated rings. The van der Waals surface area contributed by atoms with Crippen LogP contribution in [0.25, 0.3) is 17.0 Å². The molecule has 0 aliphatic heterocycles. The molecule has 31 heavy (non-hydrogen) atoms. The summed E-state index contributed by atoms with van der Waals surface area (Å²) < 4.78 is 6.96. The number of hydrogen-bond donors (Lipinski definition) is 2. The van der Waals surface area contributed by atoms with Crippen molar-refractivity contribution in [1.29, 1.82) is 0 Å². The maximum absolute atomic E-state index is 12.1. The van der Waals surface area contributed by atoms with Gasteiger partial charge in [-0.2, -0.15) is 0 Å². The van der Waals surface area contributed by atoms with Crippen molar-refractivity contribution in [2.45, 2.75) is 19.9 Å². The maximum atomic E-state index is 12.1. The largest absolute Gasteiger partial charge is 0.496 e. The number of methoxy groups -OCH3 is 1. The van der Waals surface area contributed by atoms with Crippen molar-refractivity contribution >= 4 is 34.5 Å². The third kappa shape index (κ3) is 5.16. The maximum Gasteiger partial charge on any atom is 0.283 e. The van der Waals surface area contributed by atoms with E-state index in [4.69, 9.17) is 4.74 Å². The Morgan fingerprint density at radius 1 is 1.16 bits per heavy atom. The second kappa shape index (κ2) is 10.2. The standard InChI is InChI=1S/C23H24N4O4/c1-3-14-27-18-10-6-5-9-17(18)22(23(27)30)26-25-21(29)15-24-20(28)13-12-16-8-4-7-11-19(16)31-2/h4-13,30H,3,14-15H2,1-2H3,(H,24,28)/b13-12+,26-25?. The lowest BCUT2D eigenvalue weighted by Gasteiger charge is -2.03. The number of ether oxygens (including phenoxy) is 1. The van der Waals surface area contributed by atoms with Crippen molar-refractivity contribution < 1.29 is 19.4 Å². The zero-order valence-corrected chi connectivity index (χ0v) is 17.4. The van der Waals surface area contributed by atoms with E-state index < -0.39 is 11.8 Å². The molecule has 0 aliphatic rings. The molecule has 160 valence electrons. The van der Waals surface area contributed by atoms with Crippen LogP contribution in [0.15, 0.2) is 64.8 Å². The molecule has 2 amide bonds. The van der Waals surface area contributed by atoms with Crippen molar-refractivity contribution in [3.8, 4) is 11.6 Å². The number of amides is 2. The lowest BCUT2D eigenvalue weighted by molar-refractivity contribution is -0.122.